The molecule has 1 rings (SSSR count). The molecular weight excluding hydrogens is 262 g/mol. The number of thioether (sulfide) groups is 1. The normalized spacial score (nSPS) is 13.4. The first-order valence-corrected chi connectivity index (χ1v) is 7.14. The van der Waals surface area contributed by atoms with Gasteiger partial charge in [-0.2, -0.15) is 0 Å². The molecule has 0 fully saturated rings. The number of nitrogens with zero attached hydrogens (tertiary/aromatic N) is 1. The number of anilines is 1. The Hall–Kier alpha value is -1.69. The third kappa shape index (κ3) is 4.17. The number of hydrogen-bond donors (Lipinski definition) is 3. The van der Waals surface area contributed by atoms with Gasteiger partial charge in [0.1, 0.15) is 5.92 Å². The van der Waals surface area contributed by atoms with Gasteiger partial charge in [0, 0.05) is 10.6 Å². The van der Waals surface area contributed by atoms with Gasteiger partial charge in [-0.05, 0) is 36.4 Å². The van der Waals surface area contributed by atoms with E-state index >= 15 is 0 Å². The summed E-state index contributed by atoms with van der Waals surface area (Å²) in [7, 11) is 0. The molecule has 5 nitrogen and oxygen atoms in total. The summed E-state index contributed by atoms with van der Waals surface area (Å²) in [6.07, 6.45) is 1.99. The number of amidine groups is 1. The highest BCUT2D eigenvalue weighted by molar-refractivity contribution is 7.98. The molecule has 0 aliphatic carbocycles. The van der Waals surface area contributed by atoms with E-state index < -0.39 is 5.92 Å². The molecule has 1 aromatic rings. The van der Waals surface area contributed by atoms with Crippen molar-refractivity contribution in [3.05, 3.63) is 24.3 Å². The van der Waals surface area contributed by atoms with Crippen LogP contribution in [0.5, 0.6) is 0 Å². The Labute approximate surface area is 117 Å². The number of nitrogens with one attached hydrogen (secondary N) is 1. The summed E-state index contributed by atoms with van der Waals surface area (Å²) < 4.78 is 0. The Bertz CT molecular complexity index is 457. The monoisotopic (exact) mass is 281 g/mol. The van der Waals surface area contributed by atoms with E-state index in [0.29, 0.717) is 5.69 Å². The van der Waals surface area contributed by atoms with Crippen molar-refractivity contribution in [3.8, 4) is 0 Å². The van der Waals surface area contributed by atoms with E-state index in [9.17, 15) is 4.79 Å². The van der Waals surface area contributed by atoms with Gasteiger partial charge in [-0.25, -0.2) is 0 Å². The predicted octanol–water partition coefficient (Wildman–Crippen LogP) is 2.37. The third-order valence-corrected chi connectivity index (χ3v) is 3.48. The predicted molar refractivity (Wildman–Crippen MR) is 78.6 cm³/mol. The SMILES string of the molecule is CSc1ccc(NC(=O)C(C(N)=NO)C(C)C)cc1. The van der Waals surface area contributed by atoms with Gasteiger partial charge in [0.05, 0.1) is 0 Å². The number of benzene rings is 1. The van der Waals surface area contributed by atoms with Crippen LogP contribution in [0.15, 0.2) is 34.3 Å². The Morgan fingerprint density at radius 1 is 1.37 bits per heavy atom. The zero-order valence-corrected chi connectivity index (χ0v) is 12.1. The fourth-order valence-corrected chi connectivity index (χ4v) is 2.14. The van der Waals surface area contributed by atoms with Crippen LogP contribution < -0.4 is 11.1 Å². The highest BCUT2D eigenvalue weighted by Gasteiger charge is 2.26. The van der Waals surface area contributed by atoms with E-state index in [4.69, 9.17) is 10.9 Å². The van der Waals surface area contributed by atoms with Crippen molar-refractivity contribution in [3.63, 3.8) is 0 Å². The summed E-state index contributed by atoms with van der Waals surface area (Å²) in [5.41, 5.74) is 6.25. The van der Waals surface area contributed by atoms with E-state index in [1.807, 2.05) is 44.4 Å². The van der Waals surface area contributed by atoms with E-state index in [-0.39, 0.29) is 17.7 Å². The van der Waals surface area contributed by atoms with Crippen LogP contribution in [-0.4, -0.2) is 23.2 Å². The van der Waals surface area contributed by atoms with E-state index in [1.165, 1.54) is 0 Å². The van der Waals surface area contributed by atoms with E-state index in [1.54, 1.807) is 11.8 Å². The molecule has 0 aliphatic rings. The Kier molecular flexibility index (Phi) is 5.69. The first kappa shape index (κ1) is 15.4. The number of rotatable bonds is 5. The van der Waals surface area contributed by atoms with Crippen molar-refractivity contribution in [2.75, 3.05) is 11.6 Å². The second-order valence-corrected chi connectivity index (χ2v) is 5.34. The quantitative estimate of drug-likeness (QED) is 0.254. The van der Waals surface area contributed by atoms with Gasteiger partial charge < -0.3 is 16.3 Å². The number of carbonyl (C=O) groups excluding carboxylic acids is 1. The second-order valence-electron chi connectivity index (χ2n) is 4.46. The topological polar surface area (TPSA) is 87.7 Å². The van der Waals surface area contributed by atoms with Crippen molar-refractivity contribution >= 4 is 29.2 Å². The molecular formula is C13H19N3O2S. The first-order chi connectivity index (χ1) is 8.99. The lowest BCUT2D eigenvalue weighted by Gasteiger charge is -2.18. The molecule has 0 saturated heterocycles. The van der Waals surface area contributed by atoms with Crippen LogP contribution >= 0.6 is 11.8 Å². The summed E-state index contributed by atoms with van der Waals surface area (Å²) in [5, 5.41) is 14.4. The molecule has 0 saturated carbocycles. The fourth-order valence-electron chi connectivity index (χ4n) is 1.74. The van der Waals surface area contributed by atoms with Crippen molar-refractivity contribution in [1.29, 1.82) is 0 Å². The van der Waals surface area contributed by atoms with Crippen LogP contribution in [-0.2, 0) is 4.79 Å². The van der Waals surface area contributed by atoms with Gasteiger partial charge >= 0.3 is 0 Å². The third-order valence-electron chi connectivity index (χ3n) is 2.74. The average molecular weight is 281 g/mol. The number of oxime groups is 1. The minimum Gasteiger partial charge on any atom is -0.409 e. The zero-order valence-electron chi connectivity index (χ0n) is 11.3. The van der Waals surface area contributed by atoms with Gasteiger partial charge in [0.15, 0.2) is 5.84 Å². The largest absolute Gasteiger partial charge is 0.409 e. The Morgan fingerprint density at radius 3 is 2.37 bits per heavy atom. The smallest absolute Gasteiger partial charge is 0.235 e. The highest BCUT2D eigenvalue weighted by Crippen LogP contribution is 2.19. The maximum absolute atomic E-state index is 12.1. The highest BCUT2D eigenvalue weighted by atomic mass is 32.2. The molecule has 0 heterocycles. The van der Waals surface area contributed by atoms with Crippen molar-refractivity contribution < 1.29 is 10.0 Å². The van der Waals surface area contributed by atoms with Crippen LogP contribution in [0.1, 0.15) is 13.8 Å². The van der Waals surface area contributed by atoms with Crippen molar-refractivity contribution in [2.24, 2.45) is 22.7 Å². The fraction of sp³-hybridized carbons (Fsp3) is 0.385. The van der Waals surface area contributed by atoms with Gasteiger partial charge in [-0.3, -0.25) is 4.79 Å². The number of amides is 1. The summed E-state index contributed by atoms with van der Waals surface area (Å²) in [4.78, 5) is 13.2. The lowest BCUT2D eigenvalue weighted by atomic mass is 9.94. The number of hydrogen-bond acceptors (Lipinski definition) is 4. The molecule has 6 heteroatoms. The summed E-state index contributed by atoms with van der Waals surface area (Å²) in [5.74, 6) is -1.05. The minimum absolute atomic E-state index is 0.0543. The van der Waals surface area contributed by atoms with Crippen LogP contribution in [0.3, 0.4) is 0 Å². The van der Waals surface area contributed by atoms with E-state index in [2.05, 4.69) is 10.5 Å². The lowest BCUT2D eigenvalue weighted by Crippen LogP contribution is -2.38. The van der Waals surface area contributed by atoms with Gasteiger partial charge in [0.2, 0.25) is 5.91 Å². The molecule has 104 valence electrons. The van der Waals surface area contributed by atoms with Crippen molar-refractivity contribution in [1.82, 2.24) is 0 Å². The average Bonchev–Trinajstić information content (AvgIpc) is 2.39. The first-order valence-electron chi connectivity index (χ1n) is 5.92. The maximum atomic E-state index is 12.1. The molecule has 1 atom stereocenters. The Morgan fingerprint density at radius 2 is 1.95 bits per heavy atom. The maximum Gasteiger partial charge on any atom is 0.235 e. The molecule has 4 N–H and O–H groups in total. The molecule has 0 radical (unpaired) electrons. The summed E-state index contributed by atoms with van der Waals surface area (Å²) in [6, 6.07) is 7.50. The second kappa shape index (κ2) is 7.04. The van der Waals surface area contributed by atoms with Crippen molar-refractivity contribution in [2.45, 2.75) is 18.7 Å². The molecule has 1 aromatic carbocycles. The molecule has 19 heavy (non-hydrogen) atoms. The van der Waals surface area contributed by atoms with Crippen LogP contribution in [0.2, 0.25) is 0 Å². The standard InChI is InChI=1S/C13H19N3O2S/c1-8(2)11(12(14)16-18)13(17)15-9-4-6-10(19-3)7-5-9/h4-8,11,18H,1-3H3,(H2,14,16)(H,15,17). The number of nitrogens with two attached hydrogens (primary N) is 1. The molecule has 0 aliphatic heterocycles. The zero-order chi connectivity index (χ0) is 14.4. The number of carbonyl (C=O) groups is 1. The van der Waals surface area contributed by atoms with E-state index in [0.717, 1.165) is 4.90 Å². The Balaban J connectivity index is 2.81. The van der Waals surface area contributed by atoms with Gasteiger partial charge in [-0.15, -0.1) is 11.8 Å². The molecule has 0 bridgehead atoms. The van der Waals surface area contributed by atoms with Gasteiger partial charge in [-0.1, -0.05) is 19.0 Å². The van der Waals surface area contributed by atoms with Crippen LogP contribution in [0.4, 0.5) is 5.69 Å². The summed E-state index contributed by atoms with van der Waals surface area (Å²) >= 11 is 1.63. The minimum atomic E-state index is -0.648. The molecule has 0 spiro atoms. The van der Waals surface area contributed by atoms with Gasteiger partial charge in [0.25, 0.3) is 0 Å². The molecule has 1 unspecified atom stereocenters. The molecule has 1 amide bonds. The van der Waals surface area contributed by atoms with Crippen LogP contribution in [0, 0.1) is 11.8 Å². The summed E-state index contributed by atoms with van der Waals surface area (Å²) in [6.45, 7) is 3.69. The van der Waals surface area contributed by atoms with Crippen LogP contribution in [0.25, 0.3) is 0 Å². The molecule has 0 aromatic heterocycles. The lowest BCUT2D eigenvalue weighted by molar-refractivity contribution is -0.119.